The van der Waals surface area contributed by atoms with Gasteiger partial charge in [0.1, 0.15) is 5.75 Å². The Hall–Kier alpha value is -3.01. The van der Waals surface area contributed by atoms with E-state index >= 15 is 0 Å². The lowest BCUT2D eigenvalue weighted by Crippen LogP contribution is -2.07. The van der Waals surface area contributed by atoms with Crippen molar-refractivity contribution in [2.45, 2.75) is 33.2 Å². The lowest BCUT2D eigenvalue weighted by Gasteiger charge is -2.13. The smallest absolute Gasteiger partial charge is 0.333 e. The van der Waals surface area contributed by atoms with Crippen LogP contribution in [0.4, 0.5) is 0 Å². The van der Waals surface area contributed by atoms with Crippen molar-refractivity contribution >= 4 is 16.9 Å². The standard InChI is InChI=1S/C24H27NO3/c1-4-24(26)28-17-27-21-13-12-20-15-22(19-10-6-5-7-11-19)25(23(20)16-21)14-8-9-18(2)3/h4-7,10-13,15-16,18H,1,8-9,14,17H2,2-3H3. The number of hydrogen-bond acceptors (Lipinski definition) is 3. The maximum absolute atomic E-state index is 11.2. The molecule has 0 unspecified atom stereocenters. The van der Waals surface area contributed by atoms with Crippen LogP contribution in [0, 0.1) is 5.92 Å². The lowest BCUT2D eigenvalue weighted by molar-refractivity contribution is -0.144. The van der Waals surface area contributed by atoms with Gasteiger partial charge in [0.2, 0.25) is 6.79 Å². The fourth-order valence-electron chi connectivity index (χ4n) is 3.29. The van der Waals surface area contributed by atoms with E-state index in [0.29, 0.717) is 11.7 Å². The molecule has 0 radical (unpaired) electrons. The van der Waals surface area contributed by atoms with Gasteiger partial charge in [0.25, 0.3) is 0 Å². The topological polar surface area (TPSA) is 40.5 Å². The molecule has 0 fully saturated rings. The molecule has 0 spiro atoms. The van der Waals surface area contributed by atoms with Gasteiger partial charge >= 0.3 is 5.97 Å². The Bertz CT molecular complexity index is 941. The third-order valence-electron chi connectivity index (χ3n) is 4.70. The van der Waals surface area contributed by atoms with Gasteiger partial charge in [-0.3, -0.25) is 0 Å². The van der Waals surface area contributed by atoms with E-state index in [9.17, 15) is 4.79 Å². The van der Waals surface area contributed by atoms with Crippen LogP contribution in [0.15, 0.2) is 67.3 Å². The largest absolute Gasteiger partial charge is 0.457 e. The van der Waals surface area contributed by atoms with Gasteiger partial charge in [-0.2, -0.15) is 0 Å². The zero-order valence-corrected chi connectivity index (χ0v) is 16.6. The summed E-state index contributed by atoms with van der Waals surface area (Å²) in [6.45, 7) is 8.70. The van der Waals surface area contributed by atoms with Gasteiger partial charge in [-0.05, 0) is 42.5 Å². The minimum atomic E-state index is -0.496. The zero-order valence-electron chi connectivity index (χ0n) is 16.6. The number of fused-ring (bicyclic) bond motifs is 1. The second-order valence-electron chi connectivity index (χ2n) is 7.23. The van der Waals surface area contributed by atoms with Crippen molar-refractivity contribution in [3.8, 4) is 17.0 Å². The molecule has 0 aliphatic carbocycles. The molecule has 1 aromatic heterocycles. The Morgan fingerprint density at radius 2 is 1.93 bits per heavy atom. The molecule has 3 rings (SSSR count). The highest BCUT2D eigenvalue weighted by molar-refractivity contribution is 5.88. The first-order valence-electron chi connectivity index (χ1n) is 9.69. The summed E-state index contributed by atoms with van der Waals surface area (Å²) in [6, 6.07) is 18.6. The minimum Gasteiger partial charge on any atom is -0.457 e. The molecule has 0 aliphatic rings. The molecule has 0 amide bonds. The Balaban J connectivity index is 1.91. The number of carbonyl (C=O) groups is 1. The Morgan fingerprint density at radius 1 is 1.14 bits per heavy atom. The molecule has 28 heavy (non-hydrogen) atoms. The van der Waals surface area contributed by atoms with Crippen molar-refractivity contribution in [1.82, 2.24) is 4.57 Å². The number of esters is 1. The average Bonchev–Trinajstić information content (AvgIpc) is 3.06. The molecular weight excluding hydrogens is 350 g/mol. The van der Waals surface area contributed by atoms with Gasteiger partial charge in [0, 0.05) is 29.8 Å². The molecule has 0 N–H and O–H groups in total. The molecule has 4 nitrogen and oxygen atoms in total. The summed E-state index contributed by atoms with van der Waals surface area (Å²) in [4.78, 5) is 11.2. The third kappa shape index (κ3) is 4.83. The van der Waals surface area contributed by atoms with Crippen LogP contribution in [-0.4, -0.2) is 17.3 Å². The van der Waals surface area contributed by atoms with Crippen LogP contribution < -0.4 is 4.74 Å². The maximum Gasteiger partial charge on any atom is 0.333 e. The van der Waals surface area contributed by atoms with Crippen molar-refractivity contribution in [3.05, 3.63) is 67.3 Å². The number of aryl methyl sites for hydroxylation is 1. The summed E-state index contributed by atoms with van der Waals surface area (Å²) >= 11 is 0. The molecule has 3 aromatic rings. The van der Waals surface area contributed by atoms with Crippen LogP contribution in [0.5, 0.6) is 5.75 Å². The first-order valence-corrected chi connectivity index (χ1v) is 9.69. The van der Waals surface area contributed by atoms with Crippen LogP contribution in [-0.2, 0) is 16.1 Å². The van der Waals surface area contributed by atoms with E-state index in [0.717, 1.165) is 24.6 Å². The second-order valence-corrected chi connectivity index (χ2v) is 7.23. The molecule has 1 heterocycles. The van der Waals surface area contributed by atoms with Crippen molar-refractivity contribution < 1.29 is 14.3 Å². The molecule has 2 aromatic carbocycles. The van der Waals surface area contributed by atoms with Gasteiger partial charge in [-0.25, -0.2) is 4.79 Å². The van der Waals surface area contributed by atoms with Crippen molar-refractivity contribution in [1.29, 1.82) is 0 Å². The SMILES string of the molecule is C=CC(=O)OCOc1ccc2cc(-c3ccccc3)n(CCCC(C)C)c2c1. The fourth-order valence-corrected chi connectivity index (χ4v) is 3.29. The average molecular weight is 377 g/mol. The molecule has 0 atom stereocenters. The summed E-state index contributed by atoms with van der Waals surface area (Å²) in [5, 5.41) is 1.17. The number of carbonyl (C=O) groups excluding carboxylic acids is 1. The summed E-state index contributed by atoms with van der Waals surface area (Å²) in [5.41, 5.74) is 3.52. The first kappa shape index (κ1) is 19.7. The Kier molecular flexibility index (Phi) is 6.53. The summed E-state index contributed by atoms with van der Waals surface area (Å²) < 4.78 is 12.9. The predicted octanol–water partition coefficient (Wildman–Crippen LogP) is 5.81. The number of rotatable bonds is 9. The molecule has 146 valence electrons. The highest BCUT2D eigenvalue weighted by Gasteiger charge is 2.12. The maximum atomic E-state index is 11.2. The van der Waals surface area contributed by atoms with Crippen LogP contribution in [0.3, 0.4) is 0 Å². The minimum absolute atomic E-state index is 0.129. The van der Waals surface area contributed by atoms with E-state index in [1.807, 2.05) is 24.3 Å². The third-order valence-corrected chi connectivity index (χ3v) is 4.70. The second kappa shape index (κ2) is 9.27. The highest BCUT2D eigenvalue weighted by Crippen LogP contribution is 2.31. The summed E-state index contributed by atoms with van der Waals surface area (Å²) in [6.07, 6.45) is 3.42. The van der Waals surface area contributed by atoms with Crippen LogP contribution >= 0.6 is 0 Å². The lowest BCUT2D eigenvalue weighted by atomic mass is 10.1. The number of ether oxygens (including phenoxy) is 2. The van der Waals surface area contributed by atoms with Gasteiger partial charge in [0.05, 0.1) is 5.52 Å². The fraction of sp³-hybridized carbons (Fsp3) is 0.292. The van der Waals surface area contributed by atoms with E-state index in [1.165, 1.54) is 23.1 Å². The molecular formula is C24H27NO3. The zero-order chi connectivity index (χ0) is 19.9. The summed E-state index contributed by atoms with van der Waals surface area (Å²) in [5.74, 6) is 0.858. The molecule has 0 bridgehead atoms. The number of aromatic nitrogens is 1. The predicted molar refractivity (Wildman–Crippen MR) is 113 cm³/mol. The van der Waals surface area contributed by atoms with E-state index < -0.39 is 5.97 Å². The van der Waals surface area contributed by atoms with Crippen LogP contribution in [0.2, 0.25) is 0 Å². The monoisotopic (exact) mass is 377 g/mol. The Morgan fingerprint density at radius 3 is 2.64 bits per heavy atom. The number of nitrogens with zero attached hydrogens (tertiary/aromatic N) is 1. The van der Waals surface area contributed by atoms with Crippen LogP contribution in [0.25, 0.3) is 22.2 Å². The van der Waals surface area contributed by atoms with E-state index in [1.54, 1.807) is 0 Å². The van der Waals surface area contributed by atoms with E-state index in [2.05, 4.69) is 55.3 Å². The number of benzene rings is 2. The van der Waals surface area contributed by atoms with Gasteiger partial charge in [-0.15, -0.1) is 0 Å². The van der Waals surface area contributed by atoms with E-state index in [4.69, 9.17) is 9.47 Å². The normalized spacial score (nSPS) is 11.0. The quantitative estimate of drug-likeness (QED) is 0.268. The van der Waals surface area contributed by atoms with Crippen molar-refractivity contribution in [2.75, 3.05) is 6.79 Å². The van der Waals surface area contributed by atoms with Crippen LogP contribution in [0.1, 0.15) is 26.7 Å². The van der Waals surface area contributed by atoms with Crippen molar-refractivity contribution in [3.63, 3.8) is 0 Å². The highest BCUT2D eigenvalue weighted by atomic mass is 16.7. The van der Waals surface area contributed by atoms with Gasteiger partial charge in [-0.1, -0.05) is 50.8 Å². The van der Waals surface area contributed by atoms with Gasteiger partial charge < -0.3 is 14.0 Å². The molecule has 4 heteroatoms. The molecule has 0 aliphatic heterocycles. The van der Waals surface area contributed by atoms with Crippen molar-refractivity contribution in [2.24, 2.45) is 5.92 Å². The Labute approximate surface area is 166 Å². The molecule has 0 saturated carbocycles. The van der Waals surface area contributed by atoms with E-state index in [-0.39, 0.29) is 6.79 Å². The number of hydrogen-bond donors (Lipinski definition) is 0. The first-order chi connectivity index (χ1) is 13.6. The van der Waals surface area contributed by atoms with Gasteiger partial charge in [0.15, 0.2) is 0 Å². The summed E-state index contributed by atoms with van der Waals surface area (Å²) in [7, 11) is 0. The molecule has 0 saturated heterocycles.